The van der Waals surface area contributed by atoms with Gasteiger partial charge in [-0.25, -0.2) is 4.98 Å². The summed E-state index contributed by atoms with van der Waals surface area (Å²) < 4.78 is 0. The molecule has 0 aliphatic carbocycles. The van der Waals surface area contributed by atoms with Crippen LogP contribution in [0.1, 0.15) is 31.0 Å². The van der Waals surface area contributed by atoms with Crippen LogP contribution >= 0.6 is 11.3 Å². The van der Waals surface area contributed by atoms with Gasteiger partial charge in [-0.2, -0.15) is 0 Å². The number of carbonyl (C=O) groups is 2. The summed E-state index contributed by atoms with van der Waals surface area (Å²) in [6.07, 6.45) is 1.10. The molecule has 1 N–H and O–H groups in total. The highest BCUT2D eigenvalue weighted by molar-refractivity contribution is 7.09. The fourth-order valence-corrected chi connectivity index (χ4v) is 2.83. The number of thiazole rings is 1. The molecule has 0 radical (unpaired) electrons. The van der Waals surface area contributed by atoms with Crippen molar-refractivity contribution in [3.8, 4) is 0 Å². The molecule has 0 unspecified atom stereocenters. The molecule has 5 nitrogen and oxygen atoms in total. The number of hydrogen-bond donors (Lipinski definition) is 1. The predicted octanol–water partition coefficient (Wildman–Crippen LogP) is 1.12. The molecule has 1 saturated heterocycles. The van der Waals surface area contributed by atoms with Crippen LogP contribution in [-0.2, 0) is 16.0 Å². The first kappa shape index (κ1) is 14.0. The minimum Gasteiger partial charge on any atom is -0.342 e. The molecule has 1 aromatic heterocycles. The van der Waals surface area contributed by atoms with E-state index in [0.717, 1.165) is 17.1 Å². The van der Waals surface area contributed by atoms with Gasteiger partial charge in [0.05, 0.1) is 10.7 Å². The lowest BCUT2D eigenvalue weighted by molar-refractivity contribution is -0.137. The number of carbonyl (C=O) groups excluding carboxylic acids is 2. The Morgan fingerprint density at radius 1 is 1.47 bits per heavy atom. The summed E-state index contributed by atoms with van der Waals surface area (Å²) in [4.78, 5) is 30.0. The molecule has 2 heterocycles. The van der Waals surface area contributed by atoms with Gasteiger partial charge in [-0.3, -0.25) is 9.59 Å². The van der Waals surface area contributed by atoms with E-state index in [0.29, 0.717) is 19.5 Å². The van der Waals surface area contributed by atoms with E-state index in [9.17, 15) is 9.59 Å². The minimum atomic E-state index is -0.814. The van der Waals surface area contributed by atoms with E-state index >= 15 is 0 Å². The topological polar surface area (TPSA) is 62.3 Å². The van der Waals surface area contributed by atoms with Crippen LogP contribution in [0.3, 0.4) is 0 Å². The Balaban J connectivity index is 2.02. The van der Waals surface area contributed by atoms with Gasteiger partial charge in [0.1, 0.15) is 5.54 Å². The van der Waals surface area contributed by atoms with Crippen molar-refractivity contribution in [2.45, 2.75) is 39.2 Å². The smallest absolute Gasteiger partial charge is 0.247 e. The normalized spacial score (nSPS) is 19.2. The van der Waals surface area contributed by atoms with Crippen LogP contribution in [0.4, 0.5) is 0 Å². The number of hydrogen-bond acceptors (Lipinski definition) is 4. The van der Waals surface area contributed by atoms with Crippen molar-refractivity contribution in [3.63, 3.8) is 0 Å². The molecule has 0 spiro atoms. The molecule has 1 aliphatic rings. The van der Waals surface area contributed by atoms with Gasteiger partial charge in [0.15, 0.2) is 0 Å². The van der Waals surface area contributed by atoms with Crippen LogP contribution in [0, 0.1) is 6.92 Å². The average Bonchev–Trinajstić information content (AvgIpc) is 2.69. The van der Waals surface area contributed by atoms with E-state index in [1.807, 2.05) is 12.3 Å². The largest absolute Gasteiger partial charge is 0.342 e. The summed E-state index contributed by atoms with van der Waals surface area (Å²) in [6, 6.07) is 0. The molecule has 19 heavy (non-hydrogen) atoms. The van der Waals surface area contributed by atoms with Gasteiger partial charge in [0.2, 0.25) is 11.8 Å². The molecular weight excluding hydrogens is 262 g/mol. The summed E-state index contributed by atoms with van der Waals surface area (Å²) >= 11 is 1.62. The Labute approximate surface area is 117 Å². The van der Waals surface area contributed by atoms with E-state index in [2.05, 4.69) is 10.3 Å². The monoisotopic (exact) mass is 281 g/mol. The van der Waals surface area contributed by atoms with Crippen LogP contribution in [0.15, 0.2) is 5.38 Å². The van der Waals surface area contributed by atoms with Gasteiger partial charge in [0.25, 0.3) is 0 Å². The van der Waals surface area contributed by atoms with E-state index in [1.165, 1.54) is 0 Å². The Kier molecular flexibility index (Phi) is 3.89. The molecule has 0 saturated carbocycles. The zero-order valence-corrected chi connectivity index (χ0v) is 12.3. The third-order valence-electron chi connectivity index (χ3n) is 3.19. The first-order valence-electron chi connectivity index (χ1n) is 6.40. The second-order valence-electron chi connectivity index (χ2n) is 5.32. The molecule has 104 valence electrons. The summed E-state index contributed by atoms with van der Waals surface area (Å²) in [6.45, 7) is 6.56. The van der Waals surface area contributed by atoms with Crippen molar-refractivity contribution in [1.29, 1.82) is 0 Å². The lowest BCUT2D eigenvalue weighted by Crippen LogP contribution is -2.53. The van der Waals surface area contributed by atoms with Gasteiger partial charge >= 0.3 is 0 Å². The Morgan fingerprint density at radius 3 is 2.84 bits per heavy atom. The van der Waals surface area contributed by atoms with Crippen molar-refractivity contribution in [1.82, 2.24) is 15.2 Å². The first-order valence-corrected chi connectivity index (χ1v) is 7.28. The number of aromatic nitrogens is 1. The Bertz CT molecular complexity index is 496. The molecule has 1 aromatic rings. The zero-order valence-electron chi connectivity index (χ0n) is 11.5. The van der Waals surface area contributed by atoms with E-state index in [1.54, 1.807) is 30.1 Å². The van der Waals surface area contributed by atoms with E-state index < -0.39 is 5.54 Å². The number of nitrogens with one attached hydrogen (secondary N) is 1. The molecule has 0 aromatic carbocycles. The Hall–Kier alpha value is -1.43. The molecule has 0 atom stereocenters. The lowest BCUT2D eigenvalue weighted by atomic mass is 10.0. The second-order valence-corrected chi connectivity index (χ2v) is 6.39. The van der Waals surface area contributed by atoms with Gasteiger partial charge < -0.3 is 10.2 Å². The highest BCUT2D eigenvalue weighted by Crippen LogP contribution is 2.15. The number of amides is 2. The standard InChI is InChI=1S/C13H19N3O2S/c1-9-14-10(8-19-9)4-6-16-7-5-11(17)15-13(2,3)12(16)18/h8H,4-7H2,1-3H3,(H,15,17). The second kappa shape index (κ2) is 5.28. The van der Waals surface area contributed by atoms with Crippen molar-refractivity contribution in [2.75, 3.05) is 13.1 Å². The highest BCUT2D eigenvalue weighted by atomic mass is 32.1. The summed E-state index contributed by atoms with van der Waals surface area (Å²) in [5.41, 5.74) is 0.197. The lowest BCUT2D eigenvalue weighted by Gasteiger charge is -2.28. The predicted molar refractivity (Wildman–Crippen MR) is 74.0 cm³/mol. The third kappa shape index (κ3) is 3.32. The fraction of sp³-hybridized carbons (Fsp3) is 0.615. The van der Waals surface area contributed by atoms with Crippen molar-refractivity contribution in [3.05, 3.63) is 16.1 Å². The zero-order chi connectivity index (χ0) is 14.0. The first-order chi connectivity index (χ1) is 8.88. The number of nitrogens with zero attached hydrogens (tertiary/aromatic N) is 2. The van der Waals surface area contributed by atoms with Gasteiger partial charge in [-0.15, -0.1) is 11.3 Å². The van der Waals surface area contributed by atoms with Crippen molar-refractivity contribution in [2.24, 2.45) is 0 Å². The quantitative estimate of drug-likeness (QED) is 0.903. The summed E-state index contributed by atoms with van der Waals surface area (Å²) in [5.74, 6) is -0.0874. The molecule has 2 amide bonds. The highest BCUT2D eigenvalue weighted by Gasteiger charge is 2.36. The molecule has 1 aliphatic heterocycles. The van der Waals surface area contributed by atoms with Crippen LogP contribution in [-0.4, -0.2) is 40.3 Å². The van der Waals surface area contributed by atoms with Crippen LogP contribution in [0.5, 0.6) is 0 Å². The maximum atomic E-state index is 12.3. The minimum absolute atomic E-state index is 0.0229. The van der Waals surface area contributed by atoms with E-state index in [-0.39, 0.29) is 11.8 Å². The fourth-order valence-electron chi connectivity index (χ4n) is 2.18. The van der Waals surface area contributed by atoms with Gasteiger partial charge in [-0.05, 0) is 20.8 Å². The van der Waals surface area contributed by atoms with Crippen LogP contribution < -0.4 is 5.32 Å². The average molecular weight is 281 g/mol. The summed E-state index contributed by atoms with van der Waals surface area (Å²) in [5, 5.41) is 5.81. The Morgan fingerprint density at radius 2 is 2.21 bits per heavy atom. The molecule has 2 rings (SSSR count). The number of rotatable bonds is 3. The molecule has 0 bridgehead atoms. The molecule has 6 heteroatoms. The number of aryl methyl sites for hydroxylation is 1. The maximum Gasteiger partial charge on any atom is 0.247 e. The van der Waals surface area contributed by atoms with Crippen LogP contribution in [0.25, 0.3) is 0 Å². The third-order valence-corrected chi connectivity index (χ3v) is 4.01. The van der Waals surface area contributed by atoms with Gasteiger partial charge in [0, 0.05) is 31.3 Å². The molecule has 1 fully saturated rings. The molecular formula is C13H19N3O2S. The van der Waals surface area contributed by atoms with Gasteiger partial charge in [-0.1, -0.05) is 0 Å². The van der Waals surface area contributed by atoms with Crippen molar-refractivity contribution < 1.29 is 9.59 Å². The SMILES string of the molecule is Cc1nc(CCN2CCC(=O)NC(C)(C)C2=O)cs1. The van der Waals surface area contributed by atoms with Crippen LogP contribution in [0.2, 0.25) is 0 Å². The van der Waals surface area contributed by atoms with E-state index in [4.69, 9.17) is 0 Å². The summed E-state index contributed by atoms with van der Waals surface area (Å²) in [7, 11) is 0. The van der Waals surface area contributed by atoms with Crippen molar-refractivity contribution >= 4 is 23.2 Å². The maximum absolute atomic E-state index is 12.3.